The molecule has 7 heteroatoms. The summed E-state index contributed by atoms with van der Waals surface area (Å²) >= 11 is 0. The summed E-state index contributed by atoms with van der Waals surface area (Å²) in [6.07, 6.45) is 0.547. The topological polar surface area (TPSA) is 75.2 Å². The van der Waals surface area contributed by atoms with Crippen molar-refractivity contribution >= 4 is 39.8 Å². The first kappa shape index (κ1) is 18.0. The number of carbonyl (C=O) groups is 2. The van der Waals surface area contributed by atoms with Gasteiger partial charge >= 0.3 is 0 Å². The van der Waals surface area contributed by atoms with Crippen LogP contribution >= 0.6 is 0 Å². The van der Waals surface area contributed by atoms with Crippen LogP contribution in [0.2, 0.25) is 0 Å². The number of benzene rings is 2. The molecule has 1 aliphatic heterocycles. The monoisotopic (exact) mass is 380 g/mol. The maximum Gasteiger partial charge on any atom is 0.272 e. The summed E-state index contributed by atoms with van der Waals surface area (Å²) in [6.45, 7) is 3.66. The second kappa shape index (κ2) is 6.67. The Hall–Kier alpha value is -3.35. The number of hydrogen-bond acceptors (Lipinski definition) is 3. The summed E-state index contributed by atoms with van der Waals surface area (Å²) in [6, 6.07) is 9.96. The molecule has 1 aliphatic rings. The third kappa shape index (κ3) is 2.70. The number of rotatable bonds is 4. The van der Waals surface area contributed by atoms with Gasteiger partial charge in [-0.15, -0.1) is 0 Å². The molecule has 1 aromatic heterocycles. The van der Waals surface area contributed by atoms with E-state index in [1.807, 2.05) is 25.1 Å². The number of anilines is 3. The van der Waals surface area contributed by atoms with Crippen molar-refractivity contribution in [3.63, 3.8) is 0 Å². The minimum Gasteiger partial charge on any atom is -0.384 e. The molecule has 2 heterocycles. The molecule has 2 aromatic carbocycles. The highest BCUT2D eigenvalue weighted by atomic mass is 19.1. The highest BCUT2D eigenvalue weighted by Crippen LogP contribution is 2.36. The molecule has 0 fully saturated rings. The second-order valence-corrected chi connectivity index (χ2v) is 6.93. The predicted octanol–water partition coefficient (Wildman–Crippen LogP) is 4.29. The van der Waals surface area contributed by atoms with E-state index in [4.69, 9.17) is 0 Å². The van der Waals surface area contributed by atoms with Crippen molar-refractivity contribution in [1.82, 2.24) is 4.57 Å². The zero-order valence-corrected chi connectivity index (χ0v) is 15.9. The van der Waals surface area contributed by atoms with E-state index in [0.717, 1.165) is 10.9 Å². The number of hydrogen-bond donors (Lipinski definition) is 3. The van der Waals surface area contributed by atoms with E-state index < -0.39 is 17.8 Å². The standard InChI is InChI=1S/C21H21FN4O2/c1-4-16-20(27)24-14-7-5-6-12-10-17(26(16)19(12)14)21(28)25-15-9-11(2)8-13(22)18(15)23-3/h5-10,16,23H,4H2,1-3H3,(H,24,27)(H,25,28). The zero-order chi connectivity index (χ0) is 20.0. The Kier molecular flexibility index (Phi) is 4.30. The first-order valence-electron chi connectivity index (χ1n) is 9.18. The van der Waals surface area contributed by atoms with Crippen LogP contribution in [0.5, 0.6) is 0 Å². The van der Waals surface area contributed by atoms with Gasteiger partial charge in [-0.25, -0.2) is 4.39 Å². The Morgan fingerprint density at radius 3 is 2.79 bits per heavy atom. The highest BCUT2D eigenvalue weighted by Gasteiger charge is 2.31. The molecule has 3 N–H and O–H groups in total. The van der Waals surface area contributed by atoms with Gasteiger partial charge in [-0.1, -0.05) is 19.1 Å². The molecule has 0 radical (unpaired) electrons. The first-order chi connectivity index (χ1) is 13.4. The summed E-state index contributed by atoms with van der Waals surface area (Å²) in [5, 5.41) is 9.37. The lowest BCUT2D eigenvalue weighted by Gasteiger charge is -2.26. The van der Waals surface area contributed by atoms with Gasteiger partial charge in [-0.3, -0.25) is 9.59 Å². The normalized spacial score (nSPS) is 15.4. The number of amides is 2. The van der Waals surface area contributed by atoms with E-state index >= 15 is 0 Å². The first-order valence-corrected chi connectivity index (χ1v) is 9.18. The lowest BCUT2D eigenvalue weighted by molar-refractivity contribution is -0.119. The van der Waals surface area contributed by atoms with Crippen molar-refractivity contribution < 1.29 is 14.0 Å². The molecular weight excluding hydrogens is 359 g/mol. The average Bonchev–Trinajstić information content (AvgIpc) is 3.03. The van der Waals surface area contributed by atoms with Crippen LogP contribution < -0.4 is 16.0 Å². The van der Waals surface area contributed by atoms with Crippen molar-refractivity contribution in [1.29, 1.82) is 0 Å². The van der Waals surface area contributed by atoms with Crippen LogP contribution in [-0.2, 0) is 4.79 Å². The Balaban J connectivity index is 1.83. The fourth-order valence-electron chi connectivity index (χ4n) is 3.87. The van der Waals surface area contributed by atoms with Crippen LogP contribution in [0.4, 0.5) is 21.5 Å². The van der Waals surface area contributed by atoms with Gasteiger partial charge in [0, 0.05) is 12.4 Å². The lowest BCUT2D eigenvalue weighted by Crippen LogP contribution is -2.32. The number of aromatic nitrogens is 1. The minimum absolute atomic E-state index is 0.148. The maximum absolute atomic E-state index is 14.2. The van der Waals surface area contributed by atoms with Gasteiger partial charge in [0.25, 0.3) is 5.91 Å². The van der Waals surface area contributed by atoms with Gasteiger partial charge in [0.05, 0.1) is 22.6 Å². The van der Waals surface area contributed by atoms with E-state index in [2.05, 4.69) is 16.0 Å². The van der Waals surface area contributed by atoms with E-state index in [0.29, 0.717) is 29.1 Å². The van der Waals surface area contributed by atoms with Gasteiger partial charge in [-0.05, 0) is 43.2 Å². The molecule has 6 nitrogen and oxygen atoms in total. The van der Waals surface area contributed by atoms with Gasteiger partial charge in [0.2, 0.25) is 5.91 Å². The number of carbonyl (C=O) groups excluding carboxylic acids is 2. The molecule has 144 valence electrons. The number of halogens is 1. The van der Waals surface area contributed by atoms with E-state index in [1.54, 1.807) is 30.7 Å². The van der Waals surface area contributed by atoms with Crippen LogP contribution in [0, 0.1) is 12.7 Å². The van der Waals surface area contributed by atoms with E-state index in [-0.39, 0.29) is 11.6 Å². The molecule has 3 aromatic rings. The van der Waals surface area contributed by atoms with Gasteiger partial charge < -0.3 is 20.5 Å². The van der Waals surface area contributed by atoms with Gasteiger partial charge in [-0.2, -0.15) is 0 Å². The summed E-state index contributed by atoms with van der Waals surface area (Å²) < 4.78 is 16.0. The number of nitrogens with zero attached hydrogens (tertiary/aromatic N) is 1. The zero-order valence-electron chi connectivity index (χ0n) is 15.9. The van der Waals surface area contributed by atoms with Crippen LogP contribution in [0.25, 0.3) is 10.9 Å². The summed E-state index contributed by atoms with van der Waals surface area (Å²) in [5.41, 5.74) is 3.15. The van der Waals surface area contributed by atoms with Crippen LogP contribution in [0.3, 0.4) is 0 Å². The molecule has 0 aliphatic carbocycles. The van der Waals surface area contributed by atoms with Crippen LogP contribution in [0.15, 0.2) is 36.4 Å². The third-order valence-electron chi connectivity index (χ3n) is 5.08. The fourth-order valence-corrected chi connectivity index (χ4v) is 3.87. The second-order valence-electron chi connectivity index (χ2n) is 6.93. The molecule has 1 unspecified atom stereocenters. The van der Waals surface area contributed by atoms with Gasteiger partial charge in [0.1, 0.15) is 17.6 Å². The van der Waals surface area contributed by atoms with Gasteiger partial charge in [0.15, 0.2) is 0 Å². The van der Waals surface area contributed by atoms with Crippen molar-refractivity contribution in [3.8, 4) is 0 Å². The Morgan fingerprint density at radius 2 is 2.07 bits per heavy atom. The summed E-state index contributed by atoms with van der Waals surface area (Å²) in [4.78, 5) is 25.7. The minimum atomic E-state index is -0.480. The van der Waals surface area contributed by atoms with Crippen molar-refractivity contribution in [2.45, 2.75) is 26.3 Å². The number of para-hydroxylation sites is 1. The van der Waals surface area contributed by atoms with Crippen molar-refractivity contribution in [3.05, 3.63) is 53.5 Å². The molecule has 4 rings (SSSR count). The van der Waals surface area contributed by atoms with Crippen molar-refractivity contribution in [2.24, 2.45) is 0 Å². The highest BCUT2D eigenvalue weighted by molar-refractivity contribution is 6.13. The SMILES string of the molecule is CCC1C(=O)Nc2cccc3cc(C(=O)Nc4cc(C)cc(F)c4NC)n1c23. The average molecular weight is 380 g/mol. The Labute approximate surface area is 161 Å². The van der Waals surface area contributed by atoms with E-state index in [9.17, 15) is 14.0 Å². The smallest absolute Gasteiger partial charge is 0.272 e. The van der Waals surface area contributed by atoms with Crippen molar-refractivity contribution in [2.75, 3.05) is 23.0 Å². The quantitative estimate of drug-likeness (QED) is 0.632. The Morgan fingerprint density at radius 1 is 1.29 bits per heavy atom. The Bertz CT molecular complexity index is 1120. The summed E-state index contributed by atoms with van der Waals surface area (Å²) in [5.74, 6) is -0.977. The molecule has 0 saturated heterocycles. The van der Waals surface area contributed by atoms with Crippen LogP contribution in [-0.4, -0.2) is 23.4 Å². The molecule has 28 heavy (non-hydrogen) atoms. The third-order valence-corrected chi connectivity index (χ3v) is 5.08. The number of nitrogens with one attached hydrogen (secondary N) is 3. The fraction of sp³-hybridized carbons (Fsp3) is 0.238. The molecule has 2 amide bonds. The molecular formula is C21H21FN4O2. The maximum atomic E-state index is 14.2. The number of aryl methyl sites for hydroxylation is 1. The predicted molar refractivity (Wildman–Crippen MR) is 109 cm³/mol. The molecule has 0 bridgehead atoms. The van der Waals surface area contributed by atoms with Crippen LogP contribution in [0.1, 0.15) is 35.4 Å². The molecule has 0 saturated carbocycles. The molecule has 1 atom stereocenters. The van der Waals surface area contributed by atoms with E-state index in [1.165, 1.54) is 6.07 Å². The summed E-state index contributed by atoms with van der Waals surface area (Å²) in [7, 11) is 1.60. The lowest BCUT2D eigenvalue weighted by atomic mass is 10.1. The largest absolute Gasteiger partial charge is 0.384 e. The molecule has 0 spiro atoms.